The van der Waals surface area contributed by atoms with Gasteiger partial charge in [0.2, 0.25) is 0 Å². The van der Waals surface area contributed by atoms with Gasteiger partial charge in [-0.2, -0.15) is 5.10 Å². The summed E-state index contributed by atoms with van der Waals surface area (Å²) in [6, 6.07) is 7.51. The number of rotatable bonds is 3. The molecule has 1 aliphatic carbocycles. The summed E-state index contributed by atoms with van der Waals surface area (Å²) in [6.07, 6.45) is 4.45. The normalized spacial score (nSPS) is 25.9. The second kappa shape index (κ2) is 6.22. The number of aromatic nitrogens is 3. The predicted molar refractivity (Wildman–Crippen MR) is 89.3 cm³/mol. The molecule has 126 valence electrons. The van der Waals surface area contributed by atoms with Crippen LogP contribution in [-0.4, -0.2) is 39.9 Å². The van der Waals surface area contributed by atoms with Crippen LogP contribution in [0.1, 0.15) is 30.1 Å². The lowest BCUT2D eigenvalue weighted by molar-refractivity contribution is 0.392. The van der Waals surface area contributed by atoms with Crippen molar-refractivity contribution in [3.8, 4) is 0 Å². The van der Waals surface area contributed by atoms with Crippen molar-refractivity contribution >= 4 is 5.96 Å². The van der Waals surface area contributed by atoms with Crippen LogP contribution in [0.4, 0.5) is 4.39 Å². The Balaban J connectivity index is 1.34. The highest BCUT2D eigenvalue weighted by Gasteiger charge is 2.40. The van der Waals surface area contributed by atoms with Crippen LogP contribution in [0, 0.1) is 5.82 Å². The number of fused-ring (bicyclic) bond motifs is 1. The number of nitrogens with zero attached hydrogens (tertiary/aromatic N) is 4. The van der Waals surface area contributed by atoms with Gasteiger partial charge in [0.05, 0.1) is 6.54 Å². The van der Waals surface area contributed by atoms with Gasteiger partial charge in [0.15, 0.2) is 5.96 Å². The van der Waals surface area contributed by atoms with E-state index in [0.29, 0.717) is 0 Å². The summed E-state index contributed by atoms with van der Waals surface area (Å²) in [5.41, 5.74) is 0.787. The first-order chi connectivity index (χ1) is 11.7. The van der Waals surface area contributed by atoms with Gasteiger partial charge >= 0.3 is 0 Å². The number of hydrogen-bond acceptors (Lipinski definition) is 3. The van der Waals surface area contributed by atoms with Crippen LogP contribution < -0.4 is 10.6 Å². The molecule has 0 radical (unpaired) electrons. The number of guanidine groups is 1. The molecule has 2 N–H and O–H groups in total. The van der Waals surface area contributed by atoms with Crippen molar-refractivity contribution in [2.45, 2.75) is 43.8 Å². The van der Waals surface area contributed by atoms with Crippen LogP contribution >= 0.6 is 0 Å². The Hall–Kier alpha value is -2.44. The minimum absolute atomic E-state index is 0.124. The summed E-state index contributed by atoms with van der Waals surface area (Å²) in [6.45, 7) is 0.789. The summed E-state index contributed by atoms with van der Waals surface area (Å²) < 4.78 is 15.8. The Morgan fingerprint density at radius 3 is 3.04 bits per heavy atom. The fourth-order valence-corrected chi connectivity index (χ4v) is 3.37. The summed E-state index contributed by atoms with van der Waals surface area (Å²) in [7, 11) is 1.76. The molecular formula is C17H21FN6. The standard InChI is InChI=1S/C17H21FN6/c1-19-17(22-11-6-7-16-20-10-21-24(16)9-11)23-15-8-13(15)12-4-2-3-5-14(12)18/h2-5,10-11,13,15H,6-9H2,1H3,(H2,19,22,23). The van der Waals surface area contributed by atoms with Crippen molar-refractivity contribution < 1.29 is 4.39 Å². The van der Waals surface area contributed by atoms with Crippen molar-refractivity contribution in [3.05, 3.63) is 47.8 Å². The zero-order chi connectivity index (χ0) is 16.5. The van der Waals surface area contributed by atoms with Crippen LogP contribution in [0.5, 0.6) is 0 Å². The summed E-state index contributed by atoms with van der Waals surface area (Å²) >= 11 is 0. The molecule has 1 aliphatic heterocycles. The molecule has 1 saturated carbocycles. The Labute approximate surface area is 140 Å². The van der Waals surface area contributed by atoms with E-state index in [2.05, 4.69) is 25.7 Å². The first-order valence-corrected chi connectivity index (χ1v) is 8.35. The van der Waals surface area contributed by atoms with Crippen LogP contribution in [-0.2, 0) is 13.0 Å². The molecule has 3 atom stereocenters. The quantitative estimate of drug-likeness (QED) is 0.661. The molecular weight excluding hydrogens is 307 g/mol. The zero-order valence-electron chi connectivity index (χ0n) is 13.6. The molecule has 1 fully saturated rings. The first-order valence-electron chi connectivity index (χ1n) is 8.35. The average molecular weight is 328 g/mol. The van der Waals surface area contributed by atoms with Crippen molar-refractivity contribution in [2.24, 2.45) is 4.99 Å². The van der Waals surface area contributed by atoms with E-state index in [1.54, 1.807) is 19.4 Å². The molecule has 0 saturated heterocycles. The number of hydrogen-bond donors (Lipinski definition) is 2. The molecule has 3 unspecified atom stereocenters. The lowest BCUT2D eigenvalue weighted by atomic mass is 10.1. The minimum atomic E-state index is -0.124. The van der Waals surface area contributed by atoms with Gasteiger partial charge in [0.1, 0.15) is 18.0 Å². The first kappa shape index (κ1) is 15.1. The molecule has 7 heteroatoms. The van der Waals surface area contributed by atoms with E-state index in [-0.39, 0.29) is 23.8 Å². The lowest BCUT2D eigenvalue weighted by Crippen LogP contribution is -2.47. The van der Waals surface area contributed by atoms with Crippen LogP contribution in [0.3, 0.4) is 0 Å². The van der Waals surface area contributed by atoms with Gasteiger partial charge in [-0.15, -0.1) is 0 Å². The second-order valence-electron chi connectivity index (χ2n) is 6.43. The number of aryl methyl sites for hydroxylation is 1. The van der Waals surface area contributed by atoms with Gasteiger partial charge in [0.25, 0.3) is 0 Å². The molecule has 1 aromatic carbocycles. The van der Waals surface area contributed by atoms with Gasteiger partial charge in [-0.05, 0) is 24.5 Å². The maximum absolute atomic E-state index is 13.9. The van der Waals surface area contributed by atoms with Gasteiger partial charge in [0, 0.05) is 31.5 Å². The molecule has 0 bridgehead atoms. The molecule has 2 aliphatic rings. The molecule has 4 rings (SSSR count). The van der Waals surface area contributed by atoms with Crippen molar-refractivity contribution in [2.75, 3.05) is 7.05 Å². The smallest absolute Gasteiger partial charge is 0.191 e. The molecule has 2 aromatic rings. The van der Waals surface area contributed by atoms with Crippen LogP contribution in [0.15, 0.2) is 35.6 Å². The zero-order valence-corrected chi connectivity index (χ0v) is 13.6. The Morgan fingerprint density at radius 2 is 2.21 bits per heavy atom. The number of benzene rings is 1. The Kier molecular flexibility index (Phi) is 3.92. The third-order valence-corrected chi connectivity index (χ3v) is 4.79. The highest BCUT2D eigenvalue weighted by Crippen LogP contribution is 2.41. The monoisotopic (exact) mass is 328 g/mol. The predicted octanol–water partition coefficient (Wildman–Crippen LogP) is 1.45. The van der Waals surface area contributed by atoms with Crippen LogP contribution in [0.25, 0.3) is 0 Å². The van der Waals surface area contributed by atoms with Crippen molar-refractivity contribution in [3.63, 3.8) is 0 Å². The highest BCUT2D eigenvalue weighted by molar-refractivity contribution is 5.80. The third-order valence-electron chi connectivity index (χ3n) is 4.79. The summed E-state index contributed by atoms with van der Waals surface area (Å²) in [5, 5.41) is 11.1. The van der Waals surface area contributed by atoms with E-state index in [0.717, 1.165) is 43.2 Å². The molecule has 0 spiro atoms. The highest BCUT2D eigenvalue weighted by atomic mass is 19.1. The number of aliphatic imine (C=N–C) groups is 1. The van der Waals surface area contributed by atoms with E-state index in [1.807, 2.05) is 16.8 Å². The molecule has 1 aromatic heterocycles. The number of halogens is 1. The molecule has 6 nitrogen and oxygen atoms in total. The fraction of sp³-hybridized carbons (Fsp3) is 0.471. The third kappa shape index (κ3) is 2.98. The second-order valence-corrected chi connectivity index (χ2v) is 6.43. The van der Waals surface area contributed by atoms with Crippen molar-refractivity contribution in [1.82, 2.24) is 25.4 Å². The van der Waals surface area contributed by atoms with Gasteiger partial charge < -0.3 is 10.6 Å². The van der Waals surface area contributed by atoms with E-state index in [4.69, 9.17) is 0 Å². The lowest BCUT2D eigenvalue weighted by Gasteiger charge is -2.25. The molecule has 24 heavy (non-hydrogen) atoms. The van der Waals surface area contributed by atoms with E-state index in [1.165, 1.54) is 6.07 Å². The maximum atomic E-state index is 13.9. The van der Waals surface area contributed by atoms with E-state index < -0.39 is 0 Å². The van der Waals surface area contributed by atoms with E-state index in [9.17, 15) is 4.39 Å². The summed E-state index contributed by atoms with van der Waals surface area (Å²) in [4.78, 5) is 8.56. The van der Waals surface area contributed by atoms with Crippen LogP contribution in [0.2, 0.25) is 0 Å². The average Bonchev–Trinajstić information content (AvgIpc) is 3.19. The maximum Gasteiger partial charge on any atom is 0.191 e. The van der Waals surface area contributed by atoms with E-state index >= 15 is 0 Å². The van der Waals surface area contributed by atoms with Crippen molar-refractivity contribution in [1.29, 1.82) is 0 Å². The molecule has 2 heterocycles. The Morgan fingerprint density at radius 1 is 1.33 bits per heavy atom. The topological polar surface area (TPSA) is 67.1 Å². The van der Waals surface area contributed by atoms with Gasteiger partial charge in [-0.25, -0.2) is 14.1 Å². The fourth-order valence-electron chi connectivity index (χ4n) is 3.37. The van der Waals surface area contributed by atoms with Gasteiger partial charge in [-0.1, -0.05) is 18.2 Å². The minimum Gasteiger partial charge on any atom is -0.353 e. The Bertz CT molecular complexity index is 755. The molecule has 0 amide bonds. The largest absolute Gasteiger partial charge is 0.353 e. The number of nitrogens with one attached hydrogen (secondary N) is 2. The SMILES string of the molecule is CN=C(NC1CCc2ncnn2C1)NC1CC1c1ccccc1F. The summed E-state index contributed by atoms with van der Waals surface area (Å²) in [5.74, 6) is 1.91. The van der Waals surface area contributed by atoms with Gasteiger partial charge in [-0.3, -0.25) is 4.99 Å².